The molecule has 0 atom stereocenters. The number of fused-ring (bicyclic) bond motifs is 1. The number of esters is 1. The number of benzene rings is 2. The Morgan fingerprint density at radius 3 is 2.59 bits per heavy atom. The number of hydrogen-bond acceptors (Lipinski definition) is 4. The summed E-state index contributed by atoms with van der Waals surface area (Å²) in [7, 11) is 1.99. The van der Waals surface area contributed by atoms with E-state index in [1.165, 1.54) is 0 Å². The second-order valence-corrected chi connectivity index (χ2v) is 9.68. The fourth-order valence-electron chi connectivity index (χ4n) is 4.76. The van der Waals surface area contributed by atoms with Crippen molar-refractivity contribution in [3.63, 3.8) is 0 Å². The minimum Gasteiger partial charge on any atom is -0.489 e. The van der Waals surface area contributed by atoms with Crippen LogP contribution in [0.5, 0.6) is 5.75 Å². The average Bonchev–Trinajstić information content (AvgIpc) is 3.15. The lowest BCUT2D eigenvalue weighted by Gasteiger charge is -2.28. The molecule has 1 fully saturated rings. The van der Waals surface area contributed by atoms with E-state index >= 15 is 0 Å². The summed E-state index contributed by atoms with van der Waals surface area (Å²) in [5.74, 6) is 0.453. The van der Waals surface area contributed by atoms with Crippen molar-refractivity contribution >= 4 is 40.1 Å². The molecule has 34 heavy (non-hydrogen) atoms. The van der Waals surface area contributed by atoms with Gasteiger partial charge in [-0.1, -0.05) is 23.2 Å². The number of halogens is 2. The van der Waals surface area contributed by atoms with Gasteiger partial charge in [-0.05, 0) is 81.0 Å². The second kappa shape index (κ2) is 10.3. The Labute approximate surface area is 210 Å². The number of nitrogens with zero attached hydrogens (tertiary/aromatic N) is 2. The normalized spacial score (nSPS) is 18.0. The smallest absolute Gasteiger partial charge is 0.308 e. The molecule has 3 aromatic rings. The van der Waals surface area contributed by atoms with Crippen LogP contribution in [0.25, 0.3) is 10.9 Å². The molecule has 4 rings (SSSR count). The van der Waals surface area contributed by atoms with Gasteiger partial charge in [-0.25, -0.2) is 0 Å². The van der Waals surface area contributed by atoms with Crippen LogP contribution in [0.1, 0.15) is 55.0 Å². The van der Waals surface area contributed by atoms with Crippen molar-refractivity contribution in [3.8, 4) is 11.8 Å². The predicted octanol–water partition coefficient (Wildman–Crippen LogP) is 6.76. The van der Waals surface area contributed by atoms with E-state index in [9.17, 15) is 10.1 Å². The maximum atomic E-state index is 12.0. The van der Waals surface area contributed by atoms with Crippen LogP contribution in [0.2, 0.25) is 10.0 Å². The fourth-order valence-corrected chi connectivity index (χ4v) is 5.31. The zero-order chi connectivity index (χ0) is 24.4. The number of nitriles is 1. The van der Waals surface area contributed by atoms with Gasteiger partial charge in [-0.2, -0.15) is 5.26 Å². The number of ether oxygens (including phenoxy) is 2. The number of aryl methyl sites for hydroxylation is 2. The maximum absolute atomic E-state index is 12.0. The van der Waals surface area contributed by atoms with Crippen LogP contribution in [-0.2, 0) is 23.0 Å². The molecule has 0 aliphatic heterocycles. The van der Waals surface area contributed by atoms with Gasteiger partial charge in [-0.15, -0.1) is 0 Å². The van der Waals surface area contributed by atoms with Crippen molar-refractivity contribution in [1.82, 2.24) is 4.57 Å². The van der Waals surface area contributed by atoms with Gasteiger partial charge in [0.1, 0.15) is 5.75 Å². The highest BCUT2D eigenvalue weighted by Crippen LogP contribution is 2.38. The van der Waals surface area contributed by atoms with Crippen molar-refractivity contribution in [1.29, 1.82) is 5.26 Å². The highest BCUT2D eigenvalue weighted by atomic mass is 35.5. The molecule has 1 aromatic heterocycles. The predicted molar refractivity (Wildman–Crippen MR) is 135 cm³/mol. The second-order valence-electron chi connectivity index (χ2n) is 8.89. The van der Waals surface area contributed by atoms with Gasteiger partial charge >= 0.3 is 5.97 Å². The molecule has 1 aliphatic rings. The fraction of sp³-hybridized carbons (Fsp3) is 0.407. The molecular weight excluding hydrogens is 471 g/mol. The average molecular weight is 499 g/mol. The minimum absolute atomic E-state index is 0.00174. The van der Waals surface area contributed by atoms with E-state index < -0.39 is 0 Å². The van der Waals surface area contributed by atoms with Crippen molar-refractivity contribution in [2.75, 3.05) is 6.61 Å². The summed E-state index contributed by atoms with van der Waals surface area (Å²) < 4.78 is 13.5. The summed E-state index contributed by atoms with van der Waals surface area (Å²) >= 11 is 13.4. The Balaban J connectivity index is 1.54. The topological polar surface area (TPSA) is 64.2 Å². The SMILES string of the molecule is CCOC(=O)[C@H]1CC[C@@H](Oc2ccc(Cl)c(Cc3cc4c(C)cc(C#N)cc4n3C)c2Cl)CC1. The molecule has 0 radical (unpaired) electrons. The Hall–Kier alpha value is -2.68. The van der Waals surface area contributed by atoms with Gasteiger partial charge in [0, 0.05) is 35.1 Å². The molecule has 0 unspecified atom stereocenters. The molecule has 1 aliphatic carbocycles. The third-order valence-corrected chi connectivity index (χ3v) is 7.46. The Kier molecular flexibility index (Phi) is 7.40. The van der Waals surface area contributed by atoms with Crippen LogP contribution in [0.3, 0.4) is 0 Å². The summed E-state index contributed by atoms with van der Waals surface area (Å²) in [5, 5.41) is 11.5. The zero-order valence-electron chi connectivity index (χ0n) is 19.7. The van der Waals surface area contributed by atoms with Crippen LogP contribution in [0.15, 0.2) is 30.3 Å². The summed E-state index contributed by atoms with van der Waals surface area (Å²) in [6.07, 6.45) is 3.60. The molecule has 0 bridgehead atoms. The first-order valence-corrected chi connectivity index (χ1v) is 12.4. The molecule has 0 amide bonds. The first-order chi connectivity index (χ1) is 16.3. The van der Waals surface area contributed by atoms with Gasteiger partial charge in [0.2, 0.25) is 0 Å². The van der Waals surface area contributed by atoms with Crippen LogP contribution in [0, 0.1) is 24.2 Å². The molecule has 178 valence electrons. The van der Waals surface area contributed by atoms with Gasteiger partial charge in [0.25, 0.3) is 0 Å². The van der Waals surface area contributed by atoms with Crippen LogP contribution >= 0.6 is 23.2 Å². The molecule has 1 saturated carbocycles. The lowest BCUT2D eigenvalue weighted by atomic mass is 9.87. The first kappa shape index (κ1) is 24.4. The molecule has 0 spiro atoms. The van der Waals surface area contributed by atoms with E-state index in [4.69, 9.17) is 32.7 Å². The number of rotatable bonds is 6. The van der Waals surface area contributed by atoms with Crippen molar-refractivity contribution < 1.29 is 14.3 Å². The van der Waals surface area contributed by atoms with Crippen LogP contribution < -0.4 is 4.74 Å². The number of carbonyl (C=O) groups is 1. The Morgan fingerprint density at radius 2 is 1.91 bits per heavy atom. The molecule has 7 heteroatoms. The zero-order valence-corrected chi connectivity index (χ0v) is 21.2. The summed E-state index contributed by atoms with van der Waals surface area (Å²) in [6.45, 7) is 4.25. The van der Waals surface area contributed by atoms with E-state index in [1.807, 2.05) is 45.2 Å². The van der Waals surface area contributed by atoms with Crippen LogP contribution in [0.4, 0.5) is 0 Å². The van der Waals surface area contributed by atoms with E-state index in [0.717, 1.165) is 53.4 Å². The molecule has 0 N–H and O–H groups in total. The van der Waals surface area contributed by atoms with E-state index in [2.05, 4.69) is 16.7 Å². The Morgan fingerprint density at radius 1 is 1.18 bits per heavy atom. The quantitative estimate of drug-likeness (QED) is 0.352. The van der Waals surface area contributed by atoms with E-state index in [-0.39, 0.29) is 18.0 Å². The molecule has 1 heterocycles. The maximum Gasteiger partial charge on any atom is 0.308 e. The van der Waals surface area contributed by atoms with Crippen LogP contribution in [-0.4, -0.2) is 23.2 Å². The van der Waals surface area contributed by atoms with Gasteiger partial charge in [0.05, 0.1) is 35.3 Å². The summed E-state index contributed by atoms with van der Waals surface area (Å²) in [4.78, 5) is 12.0. The summed E-state index contributed by atoms with van der Waals surface area (Å²) in [5.41, 5.74) is 4.56. The number of aromatic nitrogens is 1. The van der Waals surface area contributed by atoms with Gasteiger partial charge in [-0.3, -0.25) is 4.79 Å². The van der Waals surface area contributed by atoms with Crippen molar-refractivity contribution in [2.24, 2.45) is 13.0 Å². The van der Waals surface area contributed by atoms with Crippen molar-refractivity contribution in [2.45, 2.75) is 52.1 Å². The highest BCUT2D eigenvalue weighted by molar-refractivity contribution is 6.37. The monoisotopic (exact) mass is 498 g/mol. The number of carbonyl (C=O) groups excluding carboxylic acids is 1. The minimum atomic E-state index is -0.111. The first-order valence-electron chi connectivity index (χ1n) is 11.6. The molecule has 0 saturated heterocycles. The molecule has 2 aromatic carbocycles. The van der Waals surface area contributed by atoms with Gasteiger partial charge < -0.3 is 14.0 Å². The van der Waals surface area contributed by atoms with E-state index in [1.54, 1.807) is 0 Å². The largest absolute Gasteiger partial charge is 0.489 e. The summed E-state index contributed by atoms with van der Waals surface area (Å²) in [6, 6.07) is 11.8. The standard InChI is InChI=1S/C27H28Cl2N2O3/c1-4-33-27(32)18-5-7-20(8-6-18)34-25-10-9-23(28)22(26(25)29)14-19-13-21-16(2)11-17(15-30)12-24(21)31(19)3/h9-13,18,20H,4-8,14H2,1-3H3/t18-,20+. The third-order valence-electron chi connectivity index (χ3n) is 6.69. The lowest BCUT2D eigenvalue weighted by molar-refractivity contribution is -0.149. The third kappa shape index (κ3) is 4.89. The molecule has 5 nitrogen and oxygen atoms in total. The van der Waals surface area contributed by atoms with E-state index in [0.29, 0.717) is 34.4 Å². The number of hydrogen-bond donors (Lipinski definition) is 0. The highest BCUT2D eigenvalue weighted by Gasteiger charge is 2.29. The lowest BCUT2D eigenvalue weighted by Crippen LogP contribution is -2.29. The Bertz CT molecular complexity index is 1270. The van der Waals surface area contributed by atoms with Gasteiger partial charge in [0.15, 0.2) is 0 Å². The molecular formula is C27H28Cl2N2O3. The van der Waals surface area contributed by atoms with Crippen molar-refractivity contribution in [3.05, 3.63) is 62.8 Å².